The number of carboxylic acid groups (broad SMARTS) is 1. The summed E-state index contributed by atoms with van der Waals surface area (Å²) in [7, 11) is 0. The molecule has 1 aliphatic rings. The number of H-pyrrole nitrogens is 1. The highest BCUT2D eigenvalue weighted by atomic mass is 79.9. The van der Waals surface area contributed by atoms with Gasteiger partial charge in [-0.15, -0.1) is 0 Å². The molecule has 1 atom stereocenters. The molecule has 3 aromatic rings. The Morgan fingerprint density at radius 1 is 1.21 bits per heavy atom. The van der Waals surface area contributed by atoms with Crippen LogP contribution in [0.2, 0.25) is 0 Å². The van der Waals surface area contributed by atoms with Crippen molar-refractivity contribution in [1.82, 2.24) is 9.55 Å². The molecular weight excluding hydrogens is 430 g/mol. The van der Waals surface area contributed by atoms with Gasteiger partial charge < -0.3 is 15.4 Å². The van der Waals surface area contributed by atoms with Crippen LogP contribution in [0.3, 0.4) is 0 Å². The molecule has 0 radical (unpaired) electrons. The van der Waals surface area contributed by atoms with Crippen molar-refractivity contribution in [1.29, 1.82) is 0 Å². The average Bonchev–Trinajstić information content (AvgIpc) is 2.65. The fraction of sp³-hybridized carbons (Fsp3) is 0.158. The molecule has 0 saturated heterocycles. The van der Waals surface area contributed by atoms with Gasteiger partial charge in [-0.2, -0.15) is 0 Å². The molecule has 1 unspecified atom stereocenters. The van der Waals surface area contributed by atoms with Gasteiger partial charge in [0.2, 0.25) is 5.91 Å². The van der Waals surface area contributed by atoms with E-state index in [9.17, 15) is 19.2 Å². The second-order valence-electron chi connectivity index (χ2n) is 6.52. The molecule has 0 spiro atoms. The number of nitrogens with zero attached hydrogens (tertiary/aromatic N) is 1. The molecule has 2 aromatic carbocycles. The van der Waals surface area contributed by atoms with Crippen LogP contribution in [0.25, 0.3) is 11.0 Å². The number of aromatic amines is 1. The number of hydrogen-bond acceptors (Lipinski definition) is 4. The summed E-state index contributed by atoms with van der Waals surface area (Å²) in [4.78, 5) is 51.2. The number of carbonyl (C=O) groups excluding carboxylic acids is 1. The molecular formula is C19H14BrN3O5. The third-order valence-electron chi connectivity index (χ3n) is 4.73. The quantitative estimate of drug-likeness (QED) is 0.536. The molecule has 0 aliphatic carbocycles. The van der Waals surface area contributed by atoms with Crippen LogP contribution in [0.15, 0.2) is 50.5 Å². The standard InChI is InChI=1S/C19H14BrN3O5/c20-11-6-9-4-5-14(23-15(9)13(8-11)22-17(25)18(23)26)16(24)21-12-3-1-2-10(7-12)19(27)28/h1-3,6-8,14H,4-5H2,(H,21,24)(H,22,25)(H,27,28). The third-order valence-corrected chi connectivity index (χ3v) is 5.19. The summed E-state index contributed by atoms with van der Waals surface area (Å²) >= 11 is 3.39. The van der Waals surface area contributed by atoms with Gasteiger partial charge in [0.05, 0.1) is 16.6 Å². The summed E-state index contributed by atoms with van der Waals surface area (Å²) in [6.07, 6.45) is 0.890. The van der Waals surface area contributed by atoms with Gasteiger partial charge in [0.1, 0.15) is 6.04 Å². The predicted octanol–water partition coefficient (Wildman–Crippen LogP) is 2.28. The Morgan fingerprint density at radius 2 is 2.00 bits per heavy atom. The van der Waals surface area contributed by atoms with Crippen LogP contribution >= 0.6 is 15.9 Å². The highest BCUT2D eigenvalue weighted by molar-refractivity contribution is 9.10. The number of anilines is 1. The molecule has 4 rings (SSSR count). The third kappa shape index (κ3) is 3.03. The van der Waals surface area contributed by atoms with Crippen molar-refractivity contribution >= 4 is 44.5 Å². The number of aromatic nitrogens is 2. The molecule has 0 saturated carbocycles. The number of nitrogens with one attached hydrogen (secondary N) is 2. The number of aryl methyl sites for hydroxylation is 1. The van der Waals surface area contributed by atoms with Crippen molar-refractivity contribution in [3.63, 3.8) is 0 Å². The second kappa shape index (κ2) is 6.75. The zero-order valence-corrected chi connectivity index (χ0v) is 15.9. The van der Waals surface area contributed by atoms with Crippen molar-refractivity contribution in [3.8, 4) is 0 Å². The summed E-state index contributed by atoms with van der Waals surface area (Å²) in [6.45, 7) is 0. The zero-order chi connectivity index (χ0) is 20.0. The fourth-order valence-electron chi connectivity index (χ4n) is 3.54. The molecule has 1 aromatic heterocycles. The van der Waals surface area contributed by atoms with Crippen molar-refractivity contribution < 1.29 is 14.7 Å². The van der Waals surface area contributed by atoms with E-state index >= 15 is 0 Å². The van der Waals surface area contributed by atoms with Gasteiger partial charge in [0.15, 0.2) is 0 Å². The molecule has 9 heteroatoms. The van der Waals surface area contributed by atoms with Crippen molar-refractivity contribution in [2.24, 2.45) is 0 Å². The number of halogens is 1. The average molecular weight is 444 g/mol. The fourth-order valence-corrected chi connectivity index (χ4v) is 4.04. The van der Waals surface area contributed by atoms with Crippen molar-refractivity contribution in [2.45, 2.75) is 18.9 Å². The number of amides is 1. The summed E-state index contributed by atoms with van der Waals surface area (Å²) in [5.74, 6) is -1.59. The van der Waals surface area contributed by atoms with Crippen molar-refractivity contribution in [3.05, 3.63) is 72.7 Å². The number of rotatable bonds is 3. The Morgan fingerprint density at radius 3 is 2.75 bits per heavy atom. The number of benzene rings is 2. The first-order valence-corrected chi connectivity index (χ1v) is 9.25. The zero-order valence-electron chi connectivity index (χ0n) is 14.4. The molecule has 142 valence electrons. The lowest BCUT2D eigenvalue weighted by atomic mass is 9.97. The molecule has 2 heterocycles. The van der Waals surface area contributed by atoms with Gasteiger partial charge in [0, 0.05) is 10.2 Å². The molecule has 28 heavy (non-hydrogen) atoms. The predicted molar refractivity (Wildman–Crippen MR) is 106 cm³/mol. The summed E-state index contributed by atoms with van der Waals surface area (Å²) < 4.78 is 2.00. The van der Waals surface area contributed by atoms with Gasteiger partial charge in [-0.3, -0.25) is 19.0 Å². The topological polar surface area (TPSA) is 121 Å². The normalized spacial score (nSPS) is 15.4. The Balaban J connectivity index is 1.79. The minimum atomic E-state index is -1.11. The summed E-state index contributed by atoms with van der Waals surface area (Å²) in [5.41, 5.74) is 0.597. The maximum atomic E-state index is 12.9. The highest BCUT2D eigenvalue weighted by Crippen LogP contribution is 2.31. The van der Waals surface area contributed by atoms with E-state index in [2.05, 4.69) is 26.2 Å². The van der Waals surface area contributed by atoms with E-state index in [0.29, 0.717) is 29.6 Å². The number of carbonyl (C=O) groups is 2. The minimum absolute atomic E-state index is 0.0346. The number of hydrogen-bond donors (Lipinski definition) is 3. The van der Waals surface area contributed by atoms with Gasteiger partial charge in [-0.1, -0.05) is 22.0 Å². The second-order valence-corrected chi connectivity index (χ2v) is 7.44. The van der Waals surface area contributed by atoms with Crippen LogP contribution in [0.4, 0.5) is 5.69 Å². The van der Waals surface area contributed by atoms with Crippen LogP contribution in [0.5, 0.6) is 0 Å². The number of carboxylic acids is 1. The Hall–Kier alpha value is -3.20. The van der Waals surface area contributed by atoms with E-state index in [0.717, 1.165) is 10.0 Å². The van der Waals surface area contributed by atoms with E-state index in [-0.39, 0.29) is 5.56 Å². The largest absolute Gasteiger partial charge is 0.478 e. The molecule has 0 bridgehead atoms. The van der Waals surface area contributed by atoms with E-state index in [1.54, 1.807) is 12.1 Å². The summed E-state index contributed by atoms with van der Waals surface area (Å²) in [5, 5.41) is 11.7. The molecule has 1 aliphatic heterocycles. The lowest BCUT2D eigenvalue weighted by Gasteiger charge is -2.27. The highest BCUT2D eigenvalue weighted by Gasteiger charge is 2.29. The van der Waals surface area contributed by atoms with Crippen molar-refractivity contribution in [2.75, 3.05) is 5.32 Å². The summed E-state index contributed by atoms with van der Waals surface area (Å²) in [6, 6.07) is 8.51. The van der Waals surface area contributed by atoms with Crippen LogP contribution < -0.4 is 16.4 Å². The maximum Gasteiger partial charge on any atom is 0.335 e. The Labute approximate surface area is 165 Å². The SMILES string of the molecule is O=C(O)c1cccc(NC(=O)C2CCc3cc(Br)cc4[nH]c(=O)c(=O)n2c34)c1. The maximum absolute atomic E-state index is 12.9. The first-order valence-electron chi connectivity index (χ1n) is 8.46. The Kier molecular flexibility index (Phi) is 4.38. The lowest BCUT2D eigenvalue weighted by molar-refractivity contribution is -0.119. The monoisotopic (exact) mass is 443 g/mol. The van der Waals surface area contributed by atoms with E-state index in [1.165, 1.54) is 22.8 Å². The van der Waals surface area contributed by atoms with E-state index < -0.39 is 29.0 Å². The molecule has 3 N–H and O–H groups in total. The van der Waals surface area contributed by atoms with Crippen LogP contribution in [0.1, 0.15) is 28.4 Å². The first-order chi connectivity index (χ1) is 13.3. The minimum Gasteiger partial charge on any atom is -0.478 e. The van der Waals surface area contributed by atoms with Crippen LogP contribution in [-0.4, -0.2) is 26.5 Å². The number of aromatic carboxylic acids is 1. The van der Waals surface area contributed by atoms with E-state index in [1.807, 2.05) is 6.07 Å². The van der Waals surface area contributed by atoms with Gasteiger partial charge >= 0.3 is 17.1 Å². The van der Waals surface area contributed by atoms with Crippen LogP contribution in [0, 0.1) is 0 Å². The van der Waals surface area contributed by atoms with E-state index in [4.69, 9.17) is 5.11 Å². The lowest BCUT2D eigenvalue weighted by Crippen LogP contribution is -2.43. The smallest absolute Gasteiger partial charge is 0.335 e. The van der Waals surface area contributed by atoms with Gasteiger partial charge in [-0.25, -0.2) is 4.79 Å². The van der Waals surface area contributed by atoms with Crippen LogP contribution in [-0.2, 0) is 11.2 Å². The molecule has 1 amide bonds. The Bertz CT molecular complexity index is 1260. The van der Waals surface area contributed by atoms with Gasteiger partial charge in [-0.05, 0) is 48.7 Å². The molecule has 0 fully saturated rings. The molecule has 8 nitrogen and oxygen atoms in total. The van der Waals surface area contributed by atoms with Gasteiger partial charge in [0.25, 0.3) is 0 Å². The first kappa shape index (κ1) is 18.2.